The number of hydrogen-bond acceptors (Lipinski definition) is 1. The van der Waals surface area contributed by atoms with Crippen molar-refractivity contribution in [3.63, 3.8) is 0 Å². The monoisotopic (exact) mass is 282 g/mol. The smallest absolute Gasteiger partial charge is 0.418 e. The second-order valence-corrected chi connectivity index (χ2v) is 3.50. The zero-order chi connectivity index (χ0) is 13.7. The van der Waals surface area contributed by atoms with E-state index in [0.29, 0.717) is 0 Å². The lowest BCUT2D eigenvalue weighted by Crippen LogP contribution is -2.17. The van der Waals surface area contributed by atoms with Gasteiger partial charge in [-0.15, -0.1) is 13.2 Å². The second kappa shape index (κ2) is 6.09. The first-order valence-electron chi connectivity index (χ1n) is 4.02. The molecule has 0 heterocycles. The summed E-state index contributed by atoms with van der Waals surface area (Å²) in [4.78, 5) is 0. The molecule has 0 bridgehead atoms. The molecular formula is C7H7BF7OP. The molecule has 0 radical (unpaired) electrons. The van der Waals surface area contributed by atoms with Gasteiger partial charge < -0.3 is 22.0 Å². The van der Waals surface area contributed by atoms with Crippen molar-refractivity contribution in [3.05, 3.63) is 24.3 Å². The molecule has 0 saturated heterocycles. The molecule has 17 heavy (non-hydrogen) atoms. The molecule has 1 rings (SSSR count). The Balaban J connectivity index is 0.000000437. The van der Waals surface area contributed by atoms with Gasteiger partial charge in [-0.05, 0) is 24.3 Å². The Kier molecular flexibility index (Phi) is 5.74. The molecule has 10 heteroatoms. The van der Waals surface area contributed by atoms with Gasteiger partial charge >= 0.3 is 13.6 Å². The van der Waals surface area contributed by atoms with Gasteiger partial charge in [0.15, 0.2) is 0 Å². The lowest BCUT2D eigenvalue weighted by molar-refractivity contribution is -0.274. The van der Waals surface area contributed by atoms with E-state index in [0.717, 1.165) is 5.30 Å². The van der Waals surface area contributed by atoms with Gasteiger partial charge in [0.2, 0.25) is 0 Å². The Morgan fingerprint density at radius 3 is 1.59 bits per heavy atom. The molecule has 0 N–H and O–H groups in total. The van der Waals surface area contributed by atoms with Crippen LogP contribution in [0.2, 0.25) is 0 Å². The van der Waals surface area contributed by atoms with Crippen molar-refractivity contribution in [2.75, 3.05) is 0 Å². The number of benzene rings is 1. The summed E-state index contributed by atoms with van der Waals surface area (Å²) >= 11 is 0. The van der Waals surface area contributed by atoms with Crippen molar-refractivity contribution in [1.82, 2.24) is 0 Å². The van der Waals surface area contributed by atoms with Gasteiger partial charge in [0.05, 0.1) is 5.30 Å². The van der Waals surface area contributed by atoms with Crippen LogP contribution in [0.25, 0.3) is 0 Å². The second-order valence-electron chi connectivity index (χ2n) is 2.69. The van der Waals surface area contributed by atoms with Crippen molar-refractivity contribution in [3.8, 4) is 5.75 Å². The molecule has 0 saturated carbocycles. The van der Waals surface area contributed by atoms with E-state index in [1.807, 2.05) is 0 Å². The molecule has 1 atom stereocenters. The molecular weight excluding hydrogens is 275 g/mol. The average molecular weight is 282 g/mol. The van der Waals surface area contributed by atoms with Gasteiger partial charge in [0, 0.05) is 9.24 Å². The molecule has 0 aliphatic rings. The number of hydrogen-bond donors (Lipinski definition) is 0. The third kappa shape index (κ3) is 13.0. The van der Waals surface area contributed by atoms with E-state index in [2.05, 4.69) is 4.74 Å². The zero-order valence-corrected chi connectivity index (χ0v) is 9.56. The minimum atomic E-state index is -6.00. The first-order valence-corrected chi connectivity index (χ1v) is 4.73. The highest BCUT2D eigenvalue weighted by Gasteiger charge is 2.30. The lowest BCUT2D eigenvalue weighted by Gasteiger charge is -2.07. The Labute approximate surface area is 94.3 Å². The Morgan fingerprint density at radius 2 is 1.29 bits per heavy atom. The molecule has 1 aromatic rings. The van der Waals surface area contributed by atoms with Gasteiger partial charge in [-0.2, -0.15) is 0 Å². The van der Waals surface area contributed by atoms with E-state index in [-0.39, 0.29) is 5.75 Å². The van der Waals surface area contributed by atoms with Crippen LogP contribution < -0.4 is 10.0 Å². The van der Waals surface area contributed by atoms with E-state index in [1.54, 1.807) is 21.4 Å². The summed E-state index contributed by atoms with van der Waals surface area (Å²) in [5.74, 6) is -0.182. The number of ether oxygens (including phenoxy) is 1. The van der Waals surface area contributed by atoms with E-state index >= 15 is 0 Å². The molecule has 1 aromatic carbocycles. The predicted octanol–water partition coefficient (Wildman–Crippen LogP) is 3.12. The maximum absolute atomic E-state index is 11.6. The number of rotatable bonds is 1. The van der Waals surface area contributed by atoms with Crippen LogP contribution >= 0.6 is 9.24 Å². The van der Waals surface area contributed by atoms with Crippen LogP contribution in [0.4, 0.5) is 30.4 Å². The standard InChI is InChI=1S/C7H6F3OP.BF4/c8-7(9,10)11-5-1-3-6(12)4-2-5;2-1(3,4)5/h1-4H,12H2;/q;-1/p+1. The first kappa shape index (κ1) is 16.0. The molecule has 0 aromatic heterocycles. The summed E-state index contributed by atoms with van der Waals surface area (Å²) in [6.45, 7) is 0. The molecule has 0 spiro atoms. The third-order valence-electron chi connectivity index (χ3n) is 1.16. The summed E-state index contributed by atoms with van der Waals surface area (Å²) < 4.78 is 77.5. The van der Waals surface area contributed by atoms with Crippen LogP contribution in [0.1, 0.15) is 0 Å². The van der Waals surface area contributed by atoms with Crippen LogP contribution in [-0.2, 0) is 0 Å². The van der Waals surface area contributed by atoms with Gasteiger partial charge in [0.1, 0.15) is 5.75 Å². The average Bonchev–Trinajstić information content (AvgIpc) is 2.03. The largest absolute Gasteiger partial charge is 0.673 e. The van der Waals surface area contributed by atoms with Crippen LogP contribution in [-0.4, -0.2) is 13.6 Å². The fourth-order valence-electron chi connectivity index (χ4n) is 0.691. The van der Waals surface area contributed by atoms with Crippen molar-refractivity contribution < 1.29 is 35.2 Å². The highest BCUT2D eigenvalue weighted by Crippen LogP contribution is 2.21. The number of halogens is 7. The van der Waals surface area contributed by atoms with E-state index in [1.165, 1.54) is 12.1 Å². The molecule has 0 aliphatic carbocycles. The zero-order valence-electron chi connectivity index (χ0n) is 8.15. The minimum absolute atomic E-state index is 0.182. The van der Waals surface area contributed by atoms with Crippen molar-refractivity contribution in [2.45, 2.75) is 6.36 Å². The van der Waals surface area contributed by atoms with Gasteiger partial charge in [-0.25, -0.2) is 0 Å². The highest BCUT2D eigenvalue weighted by atomic mass is 31.0. The van der Waals surface area contributed by atoms with E-state index in [4.69, 9.17) is 0 Å². The van der Waals surface area contributed by atoms with Crippen molar-refractivity contribution >= 4 is 21.8 Å². The van der Waals surface area contributed by atoms with Crippen molar-refractivity contribution in [2.24, 2.45) is 0 Å². The summed E-state index contributed by atoms with van der Waals surface area (Å²) in [6.07, 6.45) is -4.60. The van der Waals surface area contributed by atoms with Gasteiger partial charge in [-0.3, -0.25) is 0 Å². The predicted molar refractivity (Wildman–Crippen MR) is 54.1 cm³/mol. The molecule has 98 valence electrons. The molecule has 1 nitrogen and oxygen atoms in total. The SMILES string of the molecule is FC(F)(F)Oc1ccc([PH3+])cc1.F[B-](F)(F)F. The van der Waals surface area contributed by atoms with Crippen LogP contribution in [0.3, 0.4) is 0 Å². The van der Waals surface area contributed by atoms with E-state index < -0.39 is 13.6 Å². The first-order chi connectivity index (χ1) is 7.47. The minimum Gasteiger partial charge on any atom is -0.418 e. The molecule has 0 amide bonds. The Morgan fingerprint density at radius 1 is 0.941 bits per heavy atom. The quantitative estimate of drug-likeness (QED) is 0.437. The van der Waals surface area contributed by atoms with Crippen LogP contribution in [0, 0.1) is 0 Å². The van der Waals surface area contributed by atoms with E-state index in [9.17, 15) is 30.4 Å². The summed E-state index contributed by atoms with van der Waals surface area (Å²) in [5, 5.41) is 0.921. The molecule has 0 fully saturated rings. The Hall–Kier alpha value is -0.975. The Bertz CT molecular complexity index is 328. The highest BCUT2D eigenvalue weighted by molar-refractivity contribution is 7.27. The summed E-state index contributed by atoms with van der Waals surface area (Å²) in [6, 6.07) is 5.71. The normalized spacial score (nSPS) is 11.7. The maximum Gasteiger partial charge on any atom is 0.673 e. The summed E-state index contributed by atoms with van der Waals surface area (Å²) in [7, 11) is -4.40. The summed E-state index contributed by atoms with van der Waals surface area (Å²) in [5.41, 5.74) is 0. The van der Waals surface area contributed by atoms with Crippen LogP contribution in [0.5, 0.6) is 5.75 Å². The maximum atomic E-state index is 11.6. The molecule has 1 unspecified atom stereocenters. The third-order valence-corrected chi connectivity index (χ3v) is 1.63. The fourth-order valence-corrected chi connectivity index (χ4v) is 0.927. The van der Waals surface area contributed by atoms with Crippen LogP contribution in [0.15, 0.2) is 24.3 Å². The van der Waals surface area contributed by atoms with Gasteiger partial charge in [0.25, 0.3) is 0 Å². The van der Waals surface area contributed by atoms with Crippen molar-refractivity contribution in [1.29, 1.82) is 0 Å². The fraction of sp³-hybridized carbons (Fsp3) is 0.143. The molecule has 0 aliphatic heterocycles. The lowest BCUT2D eigenvalue weighted by atomic mass is 10.3. The van der Waals surface area contributed by atoms with Gasteiger partial charge in [-0.1, -0.05) is 0 Å². The number of alkyl halides is 3. The topological polar surface area (TPSA) is 9.23 Å².